The Labute approximate surface area is 233 Å². The van der Waals surface area contributed by atoms with Crippen molar-refractivity contribution < 1.29 is 23.7 Å². The second-order valence-corrected chi connectivity index (χ2v) is 16.7. The molecule has 0 bridgehead atoms. The summed E-state index contributed by atoms with van der Waals surface area (Å²) in [4.78, 5) is 4.54. The Morgan fingerprint density at radius 2 is 1.90 bits per heavy atom. The Bertz CT molecular complexity index is 1220. The first-order chi connectivity index (χ1) is 18.5. The Kier molecular flexibility index (Phi) is 9.82. The molecule has 2 unspecified atom stereocenters. The molecule has 0 aliphatic carbocycles. The Balaban J connectivity index is 1.58. The number of pyridine rings is 1. The van der Waals surface area contributed by atoms with Gasteiger partial charge in [0.25, 0.3) is 0 Å². The average Bonchev–Trinajstić information content (AvgIpc) is 3.27. The van der Waals surface area contributed by atoms with Gasteiger partial charge in [0, 0.05) is 30.0 Å². The molecule has 0 radical (unpaired) electrons. The van der Waals surface area contributed by atoms with Crippen LogP contribution < -0.4 is 4.43 Å². The van der Waals surface area contributed by atoms with Crippen LogP contribution in [0.5, 0.6) is 5.75 Å². The van der Waals surface area contributed by atoms with Gasteiger partial charge < -0.3 is 23.7 Å². The summed E-state index contributed by atoms with van der Waals surface area (Å²) in [6.07, 6.45) is 7.15. The predicted molar refractivity (Wildman–Crippen MR) is 157 cm³/mol. The largest absolute Gasteiger partial charge is 0.543 e. The summed E-state index contributed by atoms with van der Waals surface area (Å²) in [7, 11) is -2.00. The van der Waals surface area contributed by atoms with Crippen molar-refractivity contribution in [2.75, 3.05) is 33.0 Å². The van der Waals surface area contributed by atoms with Gasteiger partial charge in [-0.05, 0) is 80.6 Å². The van der Waals surface area contributed by atoms with E-state index in [0.717, 1.165) is 65.8 Å². The topological polar surface area (TPSA) is 87.9 Å². The van der Waals surface area contributed by atoms with Gasteiger partial charge in [0.15, 0.2) is 6.23 Å². The van der Waals surface area contributed by atoms with Crippen molar-refractivity contribution in [2.45, 2.75) is 83.8 Å². The quantitative estimate of drug-likeness (QED) is 0.212. The van der Waals surface area contributed by atoms with Crippen molar-refractivity contribution >= 4 is 19.2 Å². The number of aromatic nitrogens is 3. The van der Waals surface area contributed by atoms with E-state index in [1.54, 1.807) is 6.92 Å². The third-order valence-electron chi connectivity index (χ3n) is 7.62. The molecule has 214 valence electrons. The maximum atomic E-state index is 9.27. The molecule has 1 saturated heterocycles. The standard InChI is InChI=1S/C30H45N3O5Si/c1-22(34)21-36-16-15-35-14-12-23-17-24(20-31-19-23)29-26-18-25(38-39(5,6)30(2,3)4)10-11-27(26)33(32-29)28-9-7-8-13-37-28/h10-11,17-20,22,28,34H,7-9,12-16,21H2,1-6H3. The van der Waals surface area contributed by atoms with Crippen LogP contribution in [0.3, 0.4) is 0 Å². The third kappa shape index (κ3) is 7.67. The molecule has 1 aliphatic heterocycles. The van der Waals surface area contributed by atoms with Crippen molar-refractivity contribution in [3.05, 3.63) is 42.2 Å². The molecule has 1 aliphatic rings. The molecule has 1 aromatic carbocycles. The average molecular weight is 556 g/mol. The van der Waals surface area contributed by atoms with Gasteiger partial charge >= 0.3 is 0 Å². The number of aliphatic hydroxyl groups excluding tert-OH is 1. The zero-order valence-corrected chi connectivity index (χ0v) is 25.4. The molecule has 1 fully saturated rings. The van der Waals surface area contributed by atoms with E-state index >= 15 is 0 Å². The van der Waals surface area contributed by atoms with Crippen molar-refractivity contribution in [3.63, 3.8) is 0 Å². The number of hydrogen-bond acceptors (Lipinski definition) is 7. The summed E-state index contributed by atoms with van der Waals surface area (Å²) in [5, 5.41) is 15.5. The molecule has 4 rings (SSSR count). The zero-order chi connectivity index (χ0) is 28.0. The first kappa shape index (κ1) is 29.7. The molecule has 3 aromatic rings. The van der Waals surface area contributed by atoms with Crippen LogP contribution in [0.15, 0.2) is 36.7 Å². The van der Waals surface area contributed by atoms with E-state index in [1.807, 2.05) is 17.1 Å². The number of aliphatic hydroxyl groups is 1. The van der Waals surface area contributed by atoms with E-state index < -0.39 is 14.4 Å². The van der Waals surface area contributed by atoms with E-state index in [1.165, 1.54) is 0 Å². The number of rotatable bonds is 12. The minimum atomic E-state index is -2.00. The molecular weight excluding hydrogens is 510 g/mol. The van der Waals surface area contributed by atoms with Gasteiger partial charge in [-0.3, -0.25) is 4.98 Å². The van der Waals surface area contributed by atoms with Crippen LogP contribution in [-0.4, -0.2) is 67.3 Å². The van der Waals surface area contributed by atoms with Crippen molar-refractivity contribution in [2.24, 2.45) is 0 Å². The number of hydrogen-bond donors (Lipinski definition) is 1. The molecule has 2 aromatic heterocycles. The first-order valence-electron chi connectivity index (χ1n) is 14.2. The van der Waals surface area contributed by atoms with E-state index in [4.69, 9.17) is 23.7 Å². The van der Waals surface area contributed by atoms with Gasteiger partial charge in [-0.2, -0.15) is 5.10 Å². The fourth-order valence-corrected chi connectivity index (χ4v) is 5.42. The number of ether oxygens (including phenoxy) is 3. The number of benzene rings is 1. The SMILES string of the molecule is CC(O)COCCOCCc1cncc(-c2nn(C3CCCCO3)c3ccc(O[Si](C)(C)C(C)(C)C)cc23)c1. The predicted octanol–water partition coefficient (Wildman–Crippen LogP) is 6.14. The smallest absolute Gasteiger partial charge is 0.250 e. The Hall–Kier alpha value is -2.30. The molecule has 8 nitrogen and oxygen atoms in total. The van der Waals surface area contributed by atoms with Crippen LogP contribution in [0.2, 0.25) is 18.1 Å². The first-order valence-corrected chi connectivity index (χ1v) is 17.1. The second-order valence-electron chi connectivity index (χ2n) is 12.0. The highest BCUT2D eigenvalue weighted by molar-refractivity contribution is 6.74. The third-order valence-corrected chi connectivity index (χ3v) is 12.0. The van der Waals surface area contributed by atoms with E-state index in [0.29, 0.717) is 26.4 Å². The lowest BCUT2D eigenvalue weighted by Crippen LogP contribution is -2.43. The van der Waals surface area contributed by atoms with E-state index in [-0.39, 0.29) is 11.3 Å². The molecule has 3 heterocycles. The summed E-state index contributed by atoms with van der Waals surface area (Å²) in [6.45, 7) is 15.6. The van der Waals surface area contributed by atoms with Gasteiger partial charge in [0.05, 0.1) is 38.0 Å². The zero-order valence-electron chi connectivity index (χ0n) is 24.4. The summed E-state index contributed by atoms with van der Waals surface area (Å²) >= 11 is 0. The maximum absolute atomic E-state index is 9.27. The molecule has 2 atom stereocenters. The van der Waals surface area contributed by atoms with Crippen LogP contribution in [0.4, 0.5) is 0 Å². The molecule has 1 N–H and O–H groups in total. The van der Waals surface area contributed by atoms with Crippen LogP contribution >= 0.6 is 0 Å². The lowest BCUT2D eigenvalue weighted by molar-refractivity contribution is -0.0365. The monoisotopic (exact) mass is 555 g/mol. The normalized spacial score (nSPS) is 17.5. The van der Waals surface area contributed by atoms with Crippen LogP contribution in [0.1, 0.15) is 58.7 Å². The molecule has 9 heteroatoms. The fourth-order valence-electron chi connectivity index (χ4n) is 4.40. The Morgan fingerprint density at radius 1 is 1.10 bits per heavy atom. The van der Waals surface area contributed by atoms with Crippen LogP contribution in [0, 0.1) is 0 Å². The minimum Gasteiger partial charge on any atom is -0.543 e. The number of fused-ring (bicyclic) bond motifs is 1. The number of nitrogens with zero attached hydrogens (tertiary/aromatic N) is 3. The van der Waals surface area contributed by atoms with Crippen LogP contribution in [0.25, 0.3) is 22.2 Å². The van der Waals surface area contributed by atoms with Crippen molar-refractivity contribution in [3.8, 4) is 17.0 Å². The molecule has 0 saturated carbocycles. The molecule has 39 heavy (non-hydrogen) atoms. The molecule has 0 spiro atoms. The van der Waals surface area contributed by atoms with Crippen molar-refractivity contribution in [1.29, 1.82) is 0 Å². The fraction of sp³-hybridized carbons (Fsp3) is 0.600. The van der Waals surface area contributed by atoms with E-state index in [2.05, 4.69) is 63.1 Å². The highest BCUT2D eigenvalue weighted by Crippen LogP contribution is 2.39. The highest BCUT2D eigenvalue weighted by atomic mass is 28.4. The lowest BCUT2D eigenvalue weighted by Gasteiger charge is -2.36. The summed E-state index contributed by atoms with van der Waals surface area (Å²) < 4.78 is 25.9. The maximum Gasteiger partial charge on any atom is 0.250 e. The van der Waals surface area contributed by atoms with Gasteiger partial charge in [-0.1, -0.05) is 20.8 Å². The molecule has 0 amide bonds. The van der Waals surface area contributed by atoms with Gasteiger partial charge in [-0.25, -0.2) is 4.68 Å². The summed E-state index contributed by atoms with van der Waals surface area (Å²) in [5.41, 5.74) is 3.99. The van der Waals surface area contributed by atoms with Gasteiger partial charge in [-0.15, -0.1) is 0 Å². The lowest BCUT2D eigenvalue weighted by atomic mass is 10.1. The minimum absolute atomic E-state index is 0.0669. The highest BCUT2D eigenvalue weighted by Gasteiger charge is 2.39. The van der Waals surface area contributed by atoms with Gasteiger partial charge in [0.1, 0.15) is 11.4 Å². The van der Waals surface area contributed by atoms with Gasteiger partial charge in [0.2, 0.25) is 8.32 Å². The van der Waals surface area contributed by atoms with Crippen molar-refractivity contribution in [1.82, 2.24) is 14.8 Å². The summed E-state index contributed by atoms with van der Waals surface area (Å²) in [6, 6.07) is 8.48. The Morgan fingerprint density at radius 3 is 2.62 bits per heavy atom. The van der Waals surface area contributed by atoms with E-state index in [9.17, 15) is 5.11 Å². The second kappa shape index (κ2) is 12.9. The molecular formula is C30H45N3O5Si. The summed E-state index contributed by atoms with van der Waals surface area (Å²) in [5.74, 6) is 0.884. The van der Waals surface area contributed by atoms with Crippen LogP contribution in [-0.2, 0) is 20.6 Å².